The number of nitrogens with zero attached hydrogens (tertiary/aromatic N) is 9. The van der Waals surface area contributed by atoms with Gasteiger partial charge in [0, 0.05) is 65.5 Å². The highest BCUT2D eigenvalue weighted by Crippen LogP contribution is 2.28. The van der Waals surface area contributed by atoms with E-state index in [9.17, 15) is 21.6 Å². The van der Waals surface area contributed by atoms with Gasteiger partial charge in [0.2, 0.25) is 5.28 Å². The number of anilines is 4. The van der Waals surface area contributed by atoms with Gasteiger partial charge in [-0.15, -0.1) is 0 Å². The molecule has 20 heteroatoms. The summed E-state index contributed by atoms with van der Waals surface area (Å²) in [7, 11) is -4.07. The van der Waals surface area contributed by atoms with E-state index < -0.39 is 26.1 Å². The molecule has 0 radical (unpaired) electrons. The maximum absolute atomic E-state index is 12.5. The normalized spacial score (nSPS) is 25.0. The zero-order valence-corrected chi connectivity index (χ0v) is 28.8. The summed E-state index contributed by atoms with van der Waals surface area (Å²) in [6, 6.07) is 3.53. The molecule has 0 amide bonds. The van der Waals surface area contributed by atoms with Gasteiger partial charge in [-0.2, -0.15) is 35.4 Å². The first-order chi connectivity index (χ1) is 21.8. The summed E-state index contributed by atoms with van der Waals surface area (Å²) < 4.78 is 65.8. The lowest BCUT2D eigenvalue weighted by Crippen LogP contribution is -2.49. The van der Waals surface area contributed by atoms with Crippen LogP contribution in [0.4, 0.5) is 23.3 Å². The highest BCUT2D eigenvalue weighted by molar-refractivity contribution is 7.90. The van der Waals surface area contributed by atoms with Crippen LogP contribution in [0.5, 0.6) is 0 Å². The van der Waals surface area contributed by atoms with Crippen molar-refractivity contribution in [2.24, 2.45) is 0 Å². The van der Waals surface area contributed by atoms with Crippen molar-refractivity contribution in [3.8, 4) is 0 Å². The molecule has 0 bridgehead atoms. The van der Waals surface area contributed by atoms with Gasteiger partial charge in [0.25, 0.3) is 0 Å². The second-order valence-electron chi connectivity index (χ2n) is 11.5. The third-order valence-corrected chi connectivity index (χ3v) is 12.2. The Bertz CT molecular complexity index is 1670. The van der Waals surface area contributed by atoms with E-state index in [-0.39, 0.29) is 30.6 Å². The molecule has 47 heavy (non-hydrogen) atoms. The molecule has 4 aliphatic heterocycles. The molecule has 4 aliphatic rings. The molecule has 0 unspecified atom stereocenters. The Balaban J connectivity index is 0.000000208. The van der Waals surface area contributed by atoms with E-state index in [0.717, 1.165) is 6.42 Å². The molecule has 17 nitrogen and oxygen atoms in total. The Morgan fingerprint density at radius 2 is 1.23 bits per heavy atom. The van der Waals surface area contributed by atoms with E-state index >= 15 is 0 Å². The topological polar surface area (TPSA) is 178 Å². The average molecular weight is 721 g/mol. The van der Waals surface area contributed by atoms with Crippen LogP contribution in [0.3, 0.4) is 0 Å². The van der Waals surface area contributed by atoms with Crippen LogP contribution in [0.2, 0.25) is 5.28 Å². The highest BCUT2D eigenvalue weighted by atomic mass is 35.5. The van der Waals surface area contributed by atoms with Crippen LogP contribution in [0.15, 0.2) is 16.9 Å². The number of morpholine rings is 2. The minimum Gasteiger partial charge on any atom is -0.377 e. The molecule has 1 N–H and O–H groups in total. The fraction of sp³-hybridized carbons (Fsp3) is 0.704. The second kappa shape index (κ2) is 15.2. The lowest BCUT2D eigenvalue weighted by molar-refractivity contribution is 0.0985. The van der Waals surface area contributed by atoms with Gasteiger partial charge in [0.05, 0.1) is 38.5 Å². The van der Waals surface area contributed by atoms with Crippen LogP contribution in [0.25, 0.3) is 0 Å². The molecule has 2 aromatic rings. The summed E-state index contributed by atoms with van der Waals surface area (Å²) in [5.74, 6) is 1.66. The Labute approximate surface area is 281 Å². The number of rotatable bonds is 4. The van der Waals surface area contributed by atoms with Gasteiger partial charge in [0.15, 0.2) is 0 Å². The number of halogens is 1. The van der Waals surface area contributed by atoms with Gasteiger partial charge in [0.1, 0.15) is 23.3 Å². The van der Waals surface area contributed by atoms with E-state index in [0.29, 0.717) is 89.6 Å². The number of aromatic nitrogens is 4. The second-order valence-corrected chi connectivity index (χ2v) is 15.8. The Kier molecular flexibility index (Phi) is 11.9. The molecule has 264 valence electrons. The van der Waals surface area contributed by atoms with Crippen molar-refractivity contribution in [1.82, 2.24) is 28.5 Å². The number of H-pyrrole nitrogens is 1. The maximum atomic E-state index is 12.5. The monoisotopic (exact) mass is 720 g/mol. The summed E-state index contributed by atoms with van der Waals surface area (Å²) in [5.41, 5.74) is -0.556. The van der Waals surface area contributed by atoms with Gasteiger partial charge in [-0.25, -0.2) is 18.4 Å². The number of hydrogen-bond acceptors (Lipinski definition) is 12. The fourth-order valence-corrected chi connectivity index (χ4v) is 8.63. The molecule has 0 spiro atoms. The van der Waals surface area contributed by atoms with E-state index in [1.165, 1.54) is 24.3 Å². The number of ether oxygens (including phenoxy) is 2. The van der Waals surface area contributed by atoms with E-state index in [2.05, 4.69) is 24.8 Å². The largest absolute Gasteiger partial charge is 0.377 e. The van der Waals surface area contributed by atoms with Crippen molar-refractivity contribution in [2.45, 2.75) is 46.2 Å². The molecule has 0 aliphatic carbocycles. The number of aromatic amines is 1. The predicted molar refractivity (Wildman–Crippen MR) is 181 cm³/mol. The molecule has 6 rings (SSSR count). The van der Waals surface area contributed by atoms with Crippen molar-refractivity contribution in [3.63, 3.8) is 0 Å². The molecule has 2 aromatic heterocycles. The summed E-state index contributed by atoms with van der Waals surface area (Å²) in [6.07, 6.45) is 1.43. The summed E-state index contributed by atoms with van der Waals surface area (Å²) >= 11 is 6.05. The first kappa shape index (κ1) is 37.0. The first-order valence-corrected chi connectivity index (χ1v) is 18.3. The van der Waals surface area contributed by atoms with E-state index in [1.54, 1.807) is 19.2 Å². The predicted octanol–water partition coefficient (Wildman–Crippen LogP) is 0.760. The molecule has 0 aromatic carbocycles. The van der Waals surface area contributed by atoms with Gasteiger partial charge in [-0.05, 0) is 38.3 Å². The molecule has 2 atom stereocenters. The van der Waals surface area contributed by atoms with E-state index in [1.807, 2.05) is 18.7 Å². The fourth-order valence-electron chi connectivity index (χ4n) is 5.67. The lowest BCUT2D eigenvalue weighted by Gasteiger charge is -2.36. The third kappa shape index (κ3) is 8.09. The van der Waals surface area contributed by atoms with Gasteiger partial charge >= 0.3 is 26.1 Å². The number of nitrogens with one attached hydrogen (secondary N) is 1. The minimum atomic E-state index is -3.61. The van der Waals surface area contributed by atoms with Crippen LogP contribution in [0, 0.1) is 0 Å². The zero-order chi connectivity index (χ0) is 33.2. The van der Waals surface area contributed by atoms with Crippen molar-refractivity contribution < 1.29 is 26.3 Å². The highest BCUT2D eigenvalue weighted by Gasteiger charge is 2.34. The Morgan fingerprint density at radius 3 is 1.79 bits per heavy atom. The maximum Gasteiger partial charge on any atom is 0.348 e. The van der Waals surface area contributed by atoms with Crippen LogP contribution in [-0.2, 0) is 29.9 Å². The standard InChI is InChI=1S/C13H20ClN5O3S.C13H21N5O4S.CH4/c1-10-9-22-7-6-18(10)11-8-12(16-13(14)15-11)19-5-3-4-17(2)23(19,20)21;1-10-9-22-7-6-17(10)11-8-12(15-13(19)14-11)18-5-3-4-16(2)23(18,20)21;/h8,10H,3-7,9H2,1-2H3;8,10H,3-7,9H2,1-2H3,(H,14,15,19);1H4/t2*10-;/m11./s1. The quantitative estimate of drug-likeness (QED) is 0.440. The third-order valence-electron chi connectivity index (χ3n) is 8.25. The van der Waals surface area contributed by atoms with E-state index in [4.69, 9.17) is 21.1 Å². The molecule has 0 saturated carbocycles. The van der Waals surface area contributed by atoms with Crippen LogP contribution < -0.4 is 24.1 Å². The minimum absolute atomic E-state index is 0. The summed E-state index contributed by atoms with van der Waals surface area (Å²) in [6.45, 7) is 9.31. The molecule has 4 saturated heterocycles. The zero-order valence-electron chi connectivity index (χ0n) is 26.4. The molecule has 4 fully saturated rings. The average Bonchev–Trinajstić information content (AvgIpc) is 3.00. The summed E-state index contributed by atoms with van der Waals surface area (Å²) in [4.78, 5) is 30.9. The number of hydrogen-bond donors (Lipinski definition) is 1. The van der Waals surface area contributed by atoms with Gasteiger partial charge < -0.3 is 19.3 Å². The SMILES string of the molecule is C.C[C@@H]1COCCN1c1cc(N2CCCN(C)S2(=O)=O)[nH]c(=O)n1.C[C@@H]1COCCN1c1cc(N2CCCN(C)S2(=O)=O)nc(Cl)n1. The Hall–Kier alpha value is -2.81. The first-order valence-electron chi connectivity index (χ1n) is 15.1. The summed E-state index contributed by atoms with van der Waals surface area (Å²) in [5, 5.41) is 0.0413. The Morgan fingerprint density at radius 1 is 0.745 bits per heavy atom. The van der Waals surface area contributed by atoms with Gasteiger partial charge in [-0.3, -0.25) is 4.98 Å². The lowest BCUT2D eigenvalue weighted by atomic mass is 10.2. The smallest absolute Gasteiger partial charge is 0.348 e. The van der Waals surface area contributed by atoms with Crippen molar-refractivity contribution in [2.75, 3.05) is 98.2 Å². The van der Waals surface area contributed by atoms with Crippen LogP contribution in [-0.4, -0.2) is 137 Å². The molecular formula is C27H45ClN10O7S2. The van der Waals surface area contributed by atoms with Gasteiger partial charge in [-0.1, -0.05) is 7.43 Å². The van der Waals surface area contributed by atoms with Crippen LogP contribution >= 0.6 is 11.6 Å². The van der Waals surface area contributed by atoms with Crippen LogP contribution in [0.1, 0.15) is 34.1 Å². The molecule has 6 heterocycles. The molecular weight excluding hydrogens is 676 g/mol. The van der Waals surface area contributed by atoms with Crippen molar-refractivity contribution in [3.05, 3.63) is 27.9 Å². The van der Waals surface area contributed by atoms with Crippen molar-refractivity contribution >= 4 is 55.3 Å². The van der Waals surface area contributed by atoms with Crippen molar-refractivity contribution in [1.29, 1.82) is 0 Å².